The summed E-state index contributed by atoms with van der Waals surface area (Å²) in [7, 11) is 0. The van der Waals surface area contributed by atoms with Gasteiger partial charge in [0.1, 0.15) is 5.82 Å². The van der Waals surface area contributed by atoms with Gasteiger partial charge in [-0.25, -0.2) is 0 Å². The molecule has 1 atom stereocenters. The van der Waals surface area contributed by atoms with E-state index in [1.807, 2.05) is 0 Å². The fourth-order valence-corrected chi connectivity index (χ4v) is 2.59. The van der Waals surface area contributed by atoms with Crippen molar-refractivity contribution < 1.29 is 4.79 Å². The molecule has 6 heteroatoms. The van der Waals surface area contributed by atoms with Crippen LogP contribution in [0.25, 0.3) is 0 Å². The molecule has 0 aliphatic carbocycles. The molecule has 0 fully saturated rings. The van der Waals surface area contributed by atoms with Crippen LogP contribution in [0.3, 0.4) is 0 Å². The standard InChI is InChI=1S/C14H25N5O/c1-10(2)8-11(15)14(20)16-9-13-18-17-12-6-4-3-5-7-19(12)13/h10-11H,3-9,15H2,1-2H3,(H,16,20)/t11-/m0/s1. The van der Waals surface area contributed by atoms with Crippen LogP contribution < -0.4 is 11.1 Å². The van der Waals surface area contributed by atoms with E-state index in [1.165, 1.54) is 12.8 Å². The molecule has 112 valence electrons. The van der Waals surface area contributed by atoms with Gasteiger partial charge in [-0.2, -0.15) is 0 Å². The Morgan fingerprint density at radius 1 is 1.35 bits per heavy atom. The van der Waals surface area contributed by atoms with Gasteiger partial charge in [0.2, 0.25) is 5.91 Å². The van der Waals surface area contributed by atoms with E-state index in [-0.39, 0.29) is 5.91 Å². The highest BCUT2D eigenvalue weighted by Crippen LogP contribution is 2.14. The second-order valence-electron chi connectivity index (χ2n) is 5.95. The zero-order valence-corrected chi connectivity index (χ0v) is 12.4. The normalized spacial score (nSPS) is 16.6. The fourth-order valence-electron chi connectivity index (χ4n) is 2.59. The highest BCUT2D eigenvalue weighted by molar-refractivity contribution is 5.81. The second kappa shape index (κ2) is 6.83. The van der Waals surface area contributed by atoms with Crippen molar-refractivity contribution in [1.82, 2.24) is 20.1 Å². The number of hydrogen-bond donors (Lipinski definition) is 2. The summed E-state index contributed by atoms with van der Waals surface area (Å²) in [6.07, 6.45) is 5.23. The van der Waals surface area contributed by atoms with Crippen LogP contribution >= 0.6 is 0 Å². The SMILES string of the molecule is CC(C)C[C@H](N)C(=O)NCc1nnc2n1CCCCC2. The second-order valence-corrected chi connectivity index (χ2v) is 5.95. The first-order valence-electron chi connectivity index (χ1n) is 7.52. The lowest BCUT2D eigenvalue weighted by Gasteiger charge is -2.14. The average molecular weight is 279 g/mol. The molecule has 0 saturated heterocycles. The first-order chi connectivity index (χ1) is 9.58. The average Bonchev–Trinajstić information content (AvgIpc) is 2.63. The van der Waals surface area contributed by atoms with E-state index in [2.05, 4.69) is 33.9 Å². The third-order valence-corrected chi connectivity index (χ3v) is 3.67. The number of fused-ring (bicyclic) bond motifs is 1. The van der Waals surface area contributed by atoms with Crippen molar-refractivity contribution >= 4 is 5.91 Å². The van der Waals surface area contributed by atoms with Crippen LogP contribution in [0, 0.1) is 5.92 Å². The molecule has 1 aromatic heterocycles. The van der Waals surface area contributed by atoms with E-state index in [4.69, 9.17) is 5.73 Å². The molecule has 1 aromatic rings. The number of nitrogens with two attached hydrogens (primary N) is 1. The van der Waals surface area contributed by atoms with E-state index in [0.717, 1.165) is 31.0 Å². The summed E-state index contributed by atoms with van der Waals surface area (Å²) in [6, 6.07) is -0.443. The van der Waals surface area contributed by atoms with Gasteiger partial charge >= 0.3 is 0 Å². The maximum atomic E-state index is 11.9. The molecule has 0 spiro atoms. The Balaban J connectivity index is 1.91. The summed E-state index contributed by atoms with van der Waals surface area (Å²) in [5.41, 5.74) is 5.87. The van der Waals surface area contributed by atoms with Crippen molar-refractivity contribution in [3.8, 4) is 0 Å². The molecule has 1 amide bonds. The zero-order chi connectivity index (χ0) is 14.5. The van der Waals surface area contributed by atoms with Gasteiger partial charge in [-0.15, -0.1) is 10.2 Å². The number of amides is 1. The highest BCUT2D eigenvalue weighted by atomic mass is 16.2. The Morgan fingerprint density at radius 2 is 2.15 bits per heavy atom. The third-order valence-electron chi connectivity index (χ3n) is 3.67. The summed E-state index contributed by atoms with van der Waals surface area (Å²) >= 11 is 0. The lowest BCUT2D eigenvalue weighted by Crippen LogP contribution is -2.41. The summed E-state index contributed by atoms with van der Waals surface area (Å²) in [6.45, 7) is 5.49. The lowest BCUT2D eigenvalue weighted by atomic mass is 10.0. The van der Waals surface area contributed by atoms with Gasteiger partial charge in [0, 0.05) is 13.0 Å². The molecular weight excluding hydrogens is 254 g/mol. The zero-order valence-electron chi connectivity index (χ0n) is 12.4. The van der Waals surface area contributed by atoms with Crippen LogP contribution in [0.1, 0.15) is 51.2 Å². The number of nitrogens with one attached hydrogen (secondary N) is 1. The molecule has 1 aliphatic rings. The summed E-state index contributed by atoms with van der Waals surface area (Å²) in [4.78, 5) is 11.9. The molecule has 0 unspecified atom stereocenters. The first kappa shape index (κ1) is 15.0. The largest absolute Gasteiger partial charge is 0.347 e. The van der Waals surface area contributed by atoms with Gasteiger partial charge in [0.15, 0.2) is 5.82 Å². The minimum atomic E-state index is -0.443. The van der Waals surface area contributed by atoms with Crippen LogP contribution in [-0.2, 0) is 24.3 Å². The lowest BCUT2D eigenvalue weighted by molar-refractivity contribution is -0.122. The molecule has 2 heterocycles. The number of rotatable bonds is 5. The van der Waals surface area contributed by atoms with Crippen molar-refractivity contribution in [3.63, 3.8) is 0 Å². The number of carbonyl (C=O) groups is 1. The highest BCUT2D eigenvalue weighted by Gasteiger charge is 2.18. The fraction of sp³-hybridized carbons (Fsp3) is 0.786. The predicted octanol–water partition coefficient (Wildman–Crippen LogP) is 0.994. The molecule has 0 aromatic carbocycles. The van der Waals surface area contributed by atoms with Gasteiger partial charge in [0.05, 0.1) is 12.6 Å². The Morgan fingerprint density at radius 3 is 2.90 bits per heavy atom. The maximum Gasteiger partial charge on any atom is 0.237 e. The summed E-state index contributed by atoms with van der Waals surface area (Å²) in [5.74, 6) is 2.19. The van der Waals surface area contributed by atoms with E-state index >= 15 is 0 Å². The van der Waals surface area contributed by atoms with Gasteiger partial charge in [0.25, 0.3) is 0 Å². The number of aromatic nitrogens is 3. The topological polar surface area (TPSA) is 85.8 Å². The molecule has 0 saturated carbocycles. The van der Waals surface area contributed by atoms with E-state index in [9.17, 15) is 4.79 Å². The third kappa shape index (κ3) is 3.79. The molecule has 20 heavy (non-hydrogen) atoms. The van der Waals surface area contributed by atoms with Crippen LogP contribution in [0.2, 0.25) is 0 Å². The molecule has 1 aliphatic heterocycles. The van der Waals surface area contributed by atoms with E-state index < -0.39 is 6.04 Å². The van der Waals surface area contributed by atoms with E-state index in [0.29, 0.717) is 18.9 Å². The van der Waals surface area contributed by atoms with Crippen molar-refractivity contribution in [2.75, 3.05) is 0 Å². The van der Waals surface area contributed by atoms with Crippen molar-refractivity contribution in [2.45, 2.75) is 65.1 Å². The van der Waals surface area contributed by atoms with Crippen LogP contribution in [0.15, 0.2) is 0 Å². The number of aryl methyl sites for hydroxylation is 1. The number of carbonyl (C=O) groups excluding carboxylic acids is 1. The summed E-state index contributed by atoms with van der Waals surface area (Å²) < 4.78 is 2.14. The minimum Gasteiger partial charge on any atom is -0.347 e. The first-order valence-corrected chi connectivity index (χ1v) is 7.52. The molecule has 6 nitrogen and oxygen atoms in total. The quantitative estimate of drug-likeness (QED) is 0.841. The van der Waals surface area contributed by atoms with Gasteiger partial charge in [-0.05, 0) is 25.2 Å². The van der Waals surface area contributed by atoms with E-state index in [1.54, 1.807) is 0 Å². The van der Waals surface area contributed by atoms with Crippen molar-refractivity contribution in [2.24, 2.45) is 11.7 Å². The monoisotopic (exact) mass is 279 g/mol. The van der Waals surface area contributed by atoms with Crippen LogP contribution in [0.5, 0.6) is 0 Å². The molecular formula is C14H25N5O. The van der Waals surface area contributed by atoms with Gasteiger partial charge < -0.3 is 15.6 Å². The Hall–Kier alpha value is -1.43. The smallest absolute Gasteiger partial charge is 0.237 e. The van der Waals surface area contributed by atoms with Crippen molar-refractivity contribution in [3.05, 3.63) is 11.6 Å². The molecule has 2 rings (SSSR count). The Kier molecular flexibility index (Phi) is 5.11. The predicted molar refractivity (Wildman–Crippen MR) is 76.9 cm³/mol. The van der Waals surface area contributed by atoms with Crippen molar-refractivity contribution in [1.29, 1.82) is 0 Å². The van der Waals surface area contributed by atoms with Gasteiger partial charge in [-0.3, -0.25) is 4.79 Å². The number of nitrogens with zero attached hydrogens (tertiary/aromatic N) is 3. The van der Waals surface area contributed by atoms with Gasteiger partial charge in [-0.1, -0.05) is 20.3 Å². The minimum absolute atomic E-state index is 0.107. The molecule has 0 bridgehead atoms. The number of hydrogen-bond acceptors (Lipinski definition) is 4. The Labute approximate surface area is 120 Å². The van der Waals surface area contributed by atoms with Crippen LogP contribution in [0.4, 0.5) is 0 Å². The van der Waals surface area contributed by atoms with Crippen LogP contribution in [-0.4, -0.2) is 26.7 Å². The summed E-state index contributed by atoms with van der Waals surface area (Å²) in [5, 5.41) is 11.3. The molecule has 3 N–H and O–H groups in total. The molecule has 0 radical (unpaired) electrons. The Bertz CT molecular complexity index is 454. The maximum absolute atomic E-state index is 11.9.